The maximum absolute atomic E-state index is 4.38. The van der Waals surface area contributed by atoms with Crippen LogP contribution in [0.3, 0.4) is 0 Å². The summed E-state index contributed by atoms with van der Waals surface area (Å²) in [4.78, 5) is 12.1. The van der Waals surface area contributed by atoms with Crippen LogP contribution in [0.25, 0.3) is 11.4 Å². The first-order valence-electron chi connectivity index (χ1n) is 8.15. The van der Waals surface area contributed by atoms with Gasteiger partial charge in [0.1, 0.15) is 6.33 Å². The zero-order valence-corrected chi connectivity index (χ0v) is 18.0. The Labute approximate surface area is 174 Å². The fraction of sp³-hybridized carbons (Fsp3) is 0.278. The second kappa shape index (κ2) is 10.3. The number of aromatic nitrogens is 3. The van der Waals surface area contributed by atoms with Crippen LogP contribution < -0.4 is 5.32 Å². The molecule has 2 N–H and O–H groups in total. The van der Waals surface area contributed by atoms with Crippen molar-refractivity contribution in [2.45, 2.75) is 13.0 Å². The van der Waals surface area contributed by atoms with E-state index >= 15 is 0 Å². The van der Waals surface area contributed by atoms with Gasteiger partial charge in [-0.1, -0.05) is 24.3 Å². The molecule has 2 heterocycles. The molecule has 2 aromatic heterocycles. The van der Waals surface area contributed by atoms with Crippen LogP contribution >= 0.6 is 35.3 Å². The summed E-state index contributed by atoms with van der Waals surface area (Å²) in [7, 11) is 3.88. The molecule has 0 aliphatic rings. The highest BCUT2D eigenvalue weighted by atomic mass is 127. The molecule has 3 rings (SSSR count). The first kappa shape index (κ1) is 20.4. The number of rotatable bonds is 6. The first-order valence-corrected chi connectivity index (χ1v) is 9.03. The van der Waals surface area contributed by atoms with Gasteiger partial charge in [0, 0.05) is 37.6 Å². The van der Waals surface area contributed by atoms with Gasteiger partial charge in [0.05, 0.1) is 0 Å². The van der Waals surface area contributed by atoms with E-state index < -0.39 is 0 Å². The van der Waals surface area contributed by atoms with Gasteiger partial charge in [-0.25, -0.2) is 4.98 Å². The van der Waals surface area contributed by atoms with Crippen molar-refractivity contribution in [1.29, 1.82) is 0 Å². The molecule has 6 nitrogen and oxygen atoms in total. The number of H-pyrrole nitrogens is 1. The second-order valence-corrected chi connectivity index (χ2v) is 6.72. The minimum Gasteiger partial charge on any atom is -0.352 e. The van der Waals surface area contributed by atoms with Gasteiger partial charge in [-0.3, -0.25) is 10.1 Å². The standard InChI is InChI=1S/C18H22N6S.HI/c1-19-18(24(2)9-8-16-7-4-10-25-16)20-12-14-5-3-6-15(11-14)17-21-13-22-23-17;/h3-7,10-11,13H,8-9,12H2,1-2H3,(H,19,20)(H,21,22,23);1H. The van der Waals surface area contributed by atoms with E-state index in [4.69, 9.17) is 0 Å². The number of nitrogens with one attached hydrogen (secondary N) is 2. The molecule has 3 aromatic rings. The summed E-state index contributed by atoms with van der Waals surface area (Å²) in [6, 6.07) is 12.5. The monoisotopic (exact) mass is 482 g/mol. The Hall–Kier alpha value is -1.94. The van der Waals surface area contributed by atoms with Crippen molar-refractivity contribution in [1.82, 2.24) is 25.4 Å². The third kappa shape index (κ3) is 5.53. The summed E-state index contributed by atoms with van der Waals surface area (Å²) in [6.45, 7) is 1.64. The number of halogens is 1. The highest BCUT2D eigenvalue weighted by Gasteiger charge is 2.07. The topological polar surface area (TPSA) is 69.2 Å². The molecular weight excluding hydrogens is 459 g/mol. The summed E-state index contributed by atoms with van der Waals surface area (Å²) < 4.78 is 0. The molecule has 138 valence electrons. The fourth-order valence-electron chi connectivity index (χ4n) is 2.58. The normalized spacial score (nSPS) is 11.1. The van der Waals surface area contributed by atoms with Crippen LogP contribution in [-0.4, -0.2) is 46.7 Å². The smallest absolute Gasteiger partial charge is 0.193 e. The lowest BCUT2D eigenvalue weighted by Crippen LogP contribution is -2.39. The van der Waals surface area contributed by atoms with Crippen molar-refractivity contribution in [2.24, 2.45) is 4.99 Å². The highest BCUT2D eigenvalue weighted by Crippen LogP contribution is 2.15. The molecule has 0 radical (unpaired) electrons. The predicted octanol–water partition coefficient (Wildman–Crippen LogP) is 3.40. The van der Waals surface area contributed by atoms with Crippen molar-refractivity contribution in [3.8, 4) is 11.4 Å². The molecule has 0 saturated carbocycles. The molecule has 0 atom stereocenters. The maximum Gasteiger partial charge on any atom is 0.193 e. The molecule has 26 heavy (non-hydrogen) atoms. The van der Waals surface area contributed by atoms with Gasteiger partial charge < -0.3 is 10.2 Å². The minimum absolute atomic E-state index is 0. The van der Waals surface area contributed by atoms with Gasteiger partial charge in [-0.15, -0.1) is 35.3 Å². The Bertz CT molecular complexity index is 801. The third-order valence-electron chi connectivity index (χ3n) is 3.91. The zero-order valence-electron chi connectivity index (χ0n) is 14.8. The van der Waals surface area contributed by atoms with E-state index in [1.807, 2.05) is 19.2 Å². The summed E-state index contributed by atoms with van der Waals surface area (Å²) in [5.74, 6) is 1.67. The van der Waals surface area contributed by atoms with Gasteiger partial charge in [0.25, 0.3) is 0 Å². The van der Waals surface area contributed by atoms with Crippen molar-refractivity contribution >= 4 is 41.3 Å². The summed E-state index contributed by atoms with van der Waals surface area (Å²) in [5.41, 5.74) is 2.19. The van der Waals surface area contributed by atoms with E-state index in [2.05, 4.69) is 67.1 Å². The first-order chi connectivity index (χ1) is 12.3. The summed E-state index contributed by atoms with van der Waals surface area (Å²) >= 11 is 1.79. The quantitative estimate of drug-likeness (QED) is 0.321. The van der Waals surface area contributed by atoms with Crippen LogP contribution in [0.4, 0.5) is 0 Å². The Kier molecular flexibility index (Phi) is 8.05. The van der Waals surface area contributed by atoms with Gasteiger partial charge in [-0.05, 0) is 29.5 Å². The summed E-state index contributed by atoms with van der Waals surface area (Å²) in [6.07, 6.45) is 2.54. The van der Waals surface area contributed by atoms with Crippen molar-refractivity contribution in [3.05, 3.63) is 58.5 Å². The average molecular weight is 482 g/mol. The molecule has 0 fully saturated rings. The van der Waals surface area contributed by atoms with Crippen molar-refractivity contribution < 1.29 is 0 Å². The molecule has 0 spiro atoms. The number of nitrogens with zero attached hydrogens (tertiary/aromatic N) is 4. The van der Waals surface area contributed by atoms with E-state index in [1.165, 1.54) is 16.8 Å². The SMILES string of the molecule is CN=C(NCc1cccc(-c2ncn[nH]2)c1)N(C)CCc1cccs1.I. The van der Waals surface area contributed by atoms with Crippen LogP contribution in [0.5, 0.6) is 0 Å². The van der Waals surface area contributed by atoms with Crippen LogP contribution in [0, 0.1) is 0 Å². The Balaban J connectivity index is 0.00000243. The van der Waals surface area contributed by atoms with E-state index in [-0.39, 0.29) is 24.0 Å². The molecule has 0 aliphatic carbocycles. The lowest BCUT2D eigenvalue weighted by atomic mass is 10.1. The van der Waals surface area contributed by atoms with E-state index in [1.54, 1.807) is 11.3 Å². The Morgan fingerprint density at radius 2 is 2.19 bits per heavy atom. The number of aliphatic imine (C=N–C) groups is 1. The lowest BCUT2D eigenvalue weighted by molar-refractivity contribution is 0.486. The minimum atomic E-state index is 0. The van der Waals surface area contributed by atoms with Gasteiger partial charge >= 0.3 is 0 Å². The second-order valence-electron chi connectivity index (χ2n) is 5.69. The van der Waals surface area contributed by atoms with Gasteiger partial charge in [0.2, 0.25) is 0 Å². The Morgan fingerprint density at radius 3 is 2.88 bits per heavy atom. The Morgan fingerprint density at radius 1 is 1.31 bits per heavy atom. The van der Waals surface area contributed by atoms with Gasteiger partial charge in [0.15, 0.2) is 11.8 Å². The summed E-state index contributed by atoms with van der Waals surface area (Å²) in [5, 5.41) is 12.3. The fourth-order valence-corrected chi connectivity index (χ4v) is 3.28. The van der Waals surface area contributed by atoms with E-state index in [9.17, 15) is 0 Å². The third-order valence-corrected chi connectivity index (χ3v) is 4.85. The van der Waals surface area contributed by atoms with Crippen molar-refractivity contribution in [3.63, 3.8) is 0 Å². The molecule has 0 amide bonds. The van der Waals surface area contributed by atoms with Gasteiger partial charge in [-0.2, -0.15) is 5.10 Å². The highest BCUT2D eigenvalue weighted by molar-refractivity contribution is 14.0. The van der Waals surface area contributed by atoms with Crippen LogP contribution in [0.2, 0.25) is 0 Å². The molecular formula is C18H23IN6S. The molecule has 0 aliphatic heterocycles. The van der Waals surface area contributed by atoms with Crippen LogP contribution in [0.1, 0.15) is 10.4 Å². The lowest BCUT2D eigenvalue weighted by Gasteiger charge is -2.22. The zero-order chi connectivity index (χ0) is 17.5. The predicted molar refractivity (Wildman–Crippen MR) is 118 cm³/mol. The molecule has 0 saturated heterocycles. The molecule has 0 bridgehead atoms. The van der Waals surface area contributed by atoms with Crippen LogP contribution in [0.15, 0.2) is 53.1 Å². The number of guanidine groups is 1. The largest absolute Gasteiger partial charge is 0.352 e. The number of aromatic amines is 1. The van der Waals surface area contributed by atoms with Crippen LogP contribution in [-0.2, 0) is 13.0 Å². The average Bonchev–Trinajstić information content (AvgIpc) is 3.34. The molecule has 0 unspecified atom stereocenters. The number of hydrogen-bond acceptors (Lipinski definition) is 4. The van der Waals surface area contributed by atoms with Crippen molar-refractivity contribution in [2.75, 3.05) is 20.6 Å². The van der Waals surface area contributed by atoms with E-state index in [0.29, 0.717) is 6.54 Å². The molecule has 1 aromatic carbocycles. The molecule has 8 heteroatoms. The number of thiophene rings is 1. The number of hydrogen-bond donors (Lipinski definition) is 2. The van der Waals surface area contributed by atoms with E-state index in [0.717, 1.165) is 30.3 Å². The number of likely N-dealkylation sites (N-methyl/N-ethyl adjacent to an activating group) is 1. The maximum atomic E-state index is 4.38. The number of benzene rings is 1.